The number of alkyl halides is 7. The van der Waals surface area contributed by atoms with E-state index in [-0.39, 0.29) is 0 Å². The highest BCUT2D eigenvalue weighted by molar-refractivity contribution is 14.1. The van der Waals surface area contributed by atoms with Gasteiger partial charge in [0.15, 0.2) is 0 Å². The van der Waals surface area contributed by atoms with Crippen molar-refractivity contribution < 1.29 is 36.2 Å². The van der Waals surface area contributed by atoms with Gasteiger partial charge in [-0.05, 0) is 22.6 Å². The van der Waals surface area contributed by atoms with Gasteiger partial charge in [0.25, 0.3) is 5.92 Å². The third kappa shape index (κ3) is 6.05. The van der Waals surface area contributed by atoms with E-state index in [1.54, 1.807) is 0 Å². The van der Waals surface area contributed by atoms with Crippen LogP contribution in [0.25, 0.3) is 0 Å². The predicted molar refractivity (Wildman–Crippen MR) is 45.7 cm³/mol. The maximum absolute atomic E-state index is 12.5. The predicted octanol–water partition coefficient (Wildman–Crippen LogP) is 3.15. The molecule has 9 heteroatoms. The highest BCUT2D eigenvalue weighted by Gasteiger charge is 2.52. The Morgan fingerprint density at radius 2 is 1.47 bits per heavy atom. The van der Waals surface area contributed by atoms with Gasteiger partial charge in [-0.15, -0.1) is 0 Å². The number of carbonyl (C=O) groups is 1. The Labute approximate surface area is 93.8 Å². The number of carboxylic acids is 1. The van der Waals surface area contributed by atoms with Gasteiger partial charge in [-0.3, -0.25) is 0 Å². The molecule has 0 rings (SSSR count). The monoisotopic (exact) mass is 350 g/mol. The molecule has 0 fully saturated rings. The summed E-state index contributed by atoms with van der Waals surface area (Å²) in [7, 11) is 0. The van der Waals surface area contributed by atoms with Crippen LogP contribution >= 0.6 is 22.6 Å². The number of hydrogen-bond acceptors (Lipinski definition) is 1. The zero-order valence-electron chi connectivity index (χ0n) is 6.92. The lowest BCUT2D eigenvalue weighted by Crippen LogP contribution is -2.38. The fourth-order valence-electron chi connectivity index (χ4n) is 0.756. The first-order chi connectivity index (χ1) is 6.36. The molecule has 0 aliphatic rings. The van der Waals surface area contributed by atoms with Crippen LogP contribution in [0.4, 0.5) is 26.3 Å². The van der Waals surface area contributed by atoms with Crippen molar-refractivity contribution in [3.05, 3.63) is 0 Å². The van der Waals surface area contributed by atoms with Crippen molar-refractivity contribution >= 4 is 28.6 Å². The molecular weight excluding hydrogens is 345 g/mol. The zero-order valence-corrected chi connectivity index (χ0v) is 9.07. The molecule has 0 aliphatic carbocycles. The quantitative estimate of drug-likeness (QED) is 0.470. The van der Waals surface area contributed by atoms with E-state index < -0.39 is 34.6 Å². The maximum Gasteiger partial charge on any atom is 0.374 e. The smallest absolute Gasteiger partial charge is 0.374 e. The first-order valence-corrected chi connectivity index (χ1v) is 4.49. The Bertz CT molecular complexity index is 248. The Kier molecular flexibility index (Phi) is 4.27. The van der Waals surface area contributed by atoms with Crippen LogP contribution in [0, 0.1) is 0 Å². The minimum absolute atomic E-state index is 0.365. The molecular formula is C6H5F6IO2. The summed E-state index contributed by atoms with van der Waals surface area (Å²) in [5, 5.41) is 7.83. The third-order valence-corrected chi connectivity index (χ3v) is 1.63. The average molecular weight is 350 g/mol. The van der Waals surface area contributed by atoms with Crippen LogP contribution in [-0.4, -0.2) is 26.9 Å². The molecule has 2 nitrogen and oxygen atoms in total. The molecule has 0 saturated carbocycles. The summed E-state index contributed by atoms with van der Waals surface area (Å²) in [6, 6.07) is 0. The van der Waals surface area contributed by atoms with E-state index >= 15 is 0 Å². The van der Waals surface area contributed by atoms with Crippen LogP contribution in [0.3, 0.4) is 0 Å². The third-order valence-electron chi connectivity index (χ3n) is 1.25. The fourth-order valence-corrected chi connectivity index (χ4v) is 1.31. The van der Waals surface area contributed by atoms with E-state index in [0.717, 1.165) is 0 Å². The summed E-state index contributed by atoms with van der Waals surface area (Å²) in [6.07, 6.45) is -4.56. The van der Waals surface area contributed by atoms with Crippen molar-refractivity contribution in [1.82, 2.24) is 0 Å². The van der Waals surface area contributed by atoms with E-state index in [1.807, 2.05) is 0 Å². The normalized spacial score (nSPS) is 14.1. The molecule has 0 aliphatic heterocycles. The number of carboxylic acid groups (broad SMARTS) is 1. The first-order valence-electron chi connectivity index (χ1n) is 3.41. The van der Waals surface area contributed by atoms with E-state index in [1.165, 1.54) is 0 Å². The van der Waals surface area contributed by atoms with Crippen molar-refractivity contribution in [3.63, 3.8) is 0 Å². The van der Waals surface area contributed by atoms with Crippen molar-refractivity contribution in [1.29, 1.82) is 0 Å². The van der Waals surface area contributed by atoms with Gasteiger partial charge in [-0.25, -0.2) is 13.6 Å². The standard InChI is InChI=1S/C6H5F6IO2/c7-4(8,2-6(11,12)13)1-5(9,10)3(14)15/h1-2H2,(H,14,15). The summed E-state index contributed by atoms with van der Waals surface area (Å²) >= 11 is 0.365. The molecule has 0 saturated heterocycles. The van der Waals surface area contributed by atoms with Gasteiger partial charge in [0.05, 0.1) is 12.8 Å². The second kappa shape index (κ2) is 4.34. The fraction of sp³-hybridized carbons (Fsp3) is 0.833. The van der Waals surface area contributed by atoms with Gasteiger partial charge < -0.3 is 5.11 Å². The molecule has 0 unspecified atom stereocenters. The largest absolute Gasteiger partial charge is 0.477 e. The molecule has 15 heavy (non-hydrogen) atoms. The summed E-state index contributed by atoms with van der Waals surface area (Å²) in [4.78, 5) is 9.79. The van der Waals surface area contributed by atoms with Crippen LogP contribution < -0.4 is 0 Å². The lowest BCUT2D eigenvalue weighted by Gasteiger charge is -2.22. The van der Waals surface area contributed by atoms with Crippen LogP contribution in [0.2, 0.25) is 0 Å². The van der Waals surface area contributed by atoms with E-state index in [0.29, 0.717) is 22.6 Å². The summed E-state index contributed by atoms with van der Waals surface area (Å²) < 4.78 is 70.0. The Balaban J connectivity index is 4.58. The number of hydrogen-bond donors (Lipinski definition) is 1. The van der Waals surface area contributed by atoms with Gasteiger partial charge in [0.1, 0.15) is 0 Å². The molecule has 0 heterocycles. The van der Waals surface area contributed by atoms with Gasteiger partial charge in [-0.2, -0.15) is 17.6 Å². The molecule has 0 amide bonds. The molecule has 0 radical (unpaired) electrons. The minimum Gasteiger partial charge on any atom is -0.477 e. The number of halogens is 7. The summed E-state index contributed by atoms with van der Waals surface area (Å²) in [5.74, 6) is -11.9. The highest BCUT2D eigenvalue weighted by Crippen LogP contribution is 2.41. The number of aliphatic carboxylic acids is 1. The lowest BCUT2D eigenvalue weighted by molar-refractivity contribution is -0.182. The Morgan fingerprint density at radius 3 is 1.73 bits per heavy atom. The molecule has 0 aromatic rings. The van der Waals surface area contributed by atoms with E-state index in [4.69, 9.17) is 5.11 Å². The molecule has 1 N–H and O–H groups in total. The zero-order chi connectivity index (χ0) is 12.5. The molecule has 0 aromatic heterocycles. The van der Waals surface area contributed by atoms with Gasteiger partial charge >= 0.3 is 15.8 Å². The van der Waals surface area contributed by atoms with Crippen molar-refractivity contribution in [2.24, 2.45) is 0 Å². The number of rotatable bonds is 5. The summed E-state index contributed by atoms with van der Waals surface area (Å²) in [5.41, 5.74) is 0. The molecule has 90 valence electrons. The van der Waals surface area contributed by atoms with Crippen LogP contribution in [0.1, 0.15) is 12.8 Å². The van der Waals surface area contributed by atoms with Gasteiger partial charge in [0.2, 0.25) is 0 Å². The SMILES string of the molecule is O=C(O)C(F)(F)CC(F)(F)CC(F)(F)I. The van der Waals surface area contributed by atoms with E-state index in [9.17, 15) is 31.1 Å². The molecule has 0 bridgehead atoms. The van der Waals surface area contributed by atoms with Crippen LogP contribution in [0.15, 0.2) is 0 Å². The van der Waals surface area contributed by atoms with E-state index in [2.05, 4.69) is 0 Å². The van der Waals surface area contributed by atoms with Crippen LogP contribution in [-0.2, 0) is 4.79 Å². The first kappa shape index (κ1) is 14.8. The highest BCUT2D eigenvalue weighted by atomic mass is 127. The van der Waals surface area contributed by atoms with Crippen LogP contribution in [0.5, 0.6) is 0 Å². The summed E-state index contributed by atoms with van der Waals surface area (Å²) in [6.45, 7) is 0. The Morgan fingerprint density at radius 1 is 1.07 bits per heavy atom. The van der Waals surface area contributed by atoms with Crippen molar-refractivity contribution in [3.8, 4) is 0 Å². The molecule has 0 spiro atoms. The topological polar surface area (TPSA) is 37.3 Å². The van der Waals surface area contributed by atoms with Gasteiger partial charge in [0, 0.05) is 0 Å². The maximum atomic E-state index is 12.5. The molecule has 0 atom stereocenters. The second-order valence-electron chi connectivity index (χ2n) is 2.83. The van der Waals surface area contributed by atoms with Gasteiger partial charge in [-0.1, -0.05) is 0 Å². The lowest BCUT2D eigenvalue weighted by atomic mass is 10.1. The minimum atomic E-state index is -4.72. The average Bonchev–Trinajstić information content (AvgIpc) is 1.75. The Hall–Kier alpha value is -0.220. The van der Waals surface area contributed by atoms with Crippen molar-refractivity contribution in [2.45, 2.75) is 28.6 Å². The second-order valence-corrected chi connectivity index (χ2v) is 4.41. The van der Waals surface area contributed by atoms with Crippen molar-refractivity contribution in [2.75, 3.05) is 0 Å². The molecule has 0 aromatic carbocycles.